The molecule has 0 aliphatic carbocycles. The molecule has 74 valence electrons. The molecule has 0 amide bonds. The van der Waals surface area contributed by atoms with Gasteiger partial charge in [-0.3, -0.25) is 4.79 Å². The molecule has 0 bridgehead atoms. The number of carbonyl (C=O) groups excluding carboxylic acids is 1. The van der Waals surface area contributed by atoms with Crippen molar-refractivity contribution in [3.8, 4) is 0 Å². The average Bonchev–Trinajstić information content (AvgIpc) is 1.85. The maximum atomic E-state index is 10.9. The zero-order valence-corrected chi connectivity index (χ0v) is 11.2. The van der Waals surface area contributed by atoms with Crippen LogP contribution in [0.25, 0.3) is 0 Å². The molecule has 0 saturated heterocycles. The zero-order valence-electron chi connectivity index (χ0n) is 8.26. The first-order valence-electron chi connectivity index (χ1n) is 3.92. The molecule has 0 aromatic heterocycles. The summed E-state index contributed by atoms with van der Waals surface area (Å²) in [4.78, 5) is 10.9. The highest BCUT2D eigenvalue weighted by molar-refractivity contribution is 8.13. The summed E-state index contributed by atoms with van der Waals surface area (Å²) in [6.45, 7) is 2.96. The topological polar surface area (TPSA) is 17.1 Å². The lowest BCUT2D eigenvalue weighted by Crippen LogP contribution is -3.00. The summed E-state index contributed by atoms with van der Waals surface area (Å²) >= 11 is 1.45. The van der Waals surface area contributed by atoms with Crippen LogP contribution < -0.4 is 24.0 Å². The van der Waals surface area contributed by atoms with Gasteiger partial charge in [-0.2, -0.15) is 0 Å². The highest BCUT2D eigenvalue weighted by Gasteiger charge is 2.07. The van der Waals surface area contributed by atoms with Crippen LogP contribution in [0.4, 0.5) is 0 Å². The third-order valence-electron chi connectivity index (χ3n) is 1.31. The molecule has 4 heteroatoms. The summed E-state index contributed by atoms with van der Waals surface area (Å²) < 4.78 is 0.935. The Balaban J connectivity index is 0. The van der Waals surface area contributed by atoms with Crippen LogP contribution in [0.5, 0.6) is 0 Å². The summed E-state index contributed by atoms with van der Waals surface area (Å²) in [5, 5.41) is 0.304. The fraction of sp³-hybridized carbons (Fsp3) is 0.875. The molecule has 0 saturated carbocycles. The van der Waals surface area contributed by atoms with Gasteiger partial charge in [0.05, 0.1) is 33.4 Å². The molecule has 0 aliphatic rings. The largest absolute Gasteiger partial charge is 1.00 e. The maximum Gasteiger partial charge on any atom is 0.188 e. The summed E-state index contributed by atoms with van der Waals surface area (Å²) in [6, 6.07) is 0. The summed E-state index contributed by atoms with van der Waals surface area (Å²) in [5.74, 6) is 0.941. The summed E-state index contributed by atoms with van der Waals surface area (Å²) in [5.41, 5.74) is 0. The Morgan fingerprint density at radius 2 is 1.83 bits per heavy atom. The summed E-state index contributed by atoms with van der Waals surface area (Å²) in [7, 11) is 6.41. The Kier molecular flexibility index (Phi) is 9.05. The molecule has 0 heterocycles. The smallest absolute Gasteiger partial charge is 0.188 e. The van der Waals surface area contributed by atoms with Gasteiger partial charge in [-0.15, -0.1) is 0 Å². The van der Waals surface area contributed by atoms with E-state index in [1.54, 1.807) is 0 Å². The molecular formula is C8H18INOS. The van der Waals surface area contributed by atoms with E-state index in [1.807, 2.05) is 6.92 Å². The number of halogens is 1. The molecule has 0 aliphatic heterocycles. The van der Waals surface area contributed by atoms with Crippen molar-refractivity contribution in [2.45, 2.75) is 13.3 Å². The third kappa shape index (κ3) is 10.7. The Morgan fingerprint density at radius 1 is 1.33 bits per heavy atom. The van der Waals surface area contributed by atoms with Crippen molar-refractivity contribution in [3.63, 3.8) is 0 Å². The van der Waals surface area contributed by atoms with E-state index in [9.17, 15) is 4.79 Å². The van der Waals surface area contributed by atoms with Crippen LogP contribution in [0.2, 0.25) is 0 Å². The van der Waals surface area contributed by atoms with E-state index < -0.39 is 0 Å². The zero-order chi connectivity index (χ0) is 8.91. The van der Waals surface area contributed by atoms with Crippen molar-refractivity contribution in [1.82, 2.24) is 0 Å². The SMILES string of the molecule is CCC(=O)SCC[N+](C)(C)C.[I-]. The van der Waals surface area contributed by atoms with Gasteiger partial charge in [0.15, 0.2) is 5.12 Å². The lowest BCUT2D eigenvalue weighted by atomic mass is 10.6. The predicted molar refractivity (Wildman–Crippen MR) is 50.7 cm³/mol. The molecular weight excluding hydrogens is 285 g/mol. The van der Waals surface area contributed by atoms with E-state index >= 15 is 0 Å². The number of hydrogen-bond donors (Lipinski definition) is 0. The number of carbonyl (C=O) groups is 1. The van der Waals surface area contributed by atoms with Gasteiger partial charge in [0.2, 0.25) is 0 Å². The second kappa shape index (κ2) is 7.15. The molecule has 0 aromatic rings. The minimum atomic E-state index is 0. The second-order valence-electron chi connectivity index (χ2n) is 3.59. The molecule has 0 unspecified atom stereocenters. The molecule has 0 N–H and O–H groups in total. The first-order valence-corrected chi connectivity index (χ1v) is 4.90. The molecule has 2 nitrogen and oxygen atoms in total. The van der Waals surface area contributed by atoms with Gasteiger partial charge in [0, 0.05) is 6.42 Å². The van der Waals surface area contributed by atoms with Gasteiger partial charge in [-0.1, -0.05) is 18.7 Å². The van der Waals surface area contributed by atoms with Gasteiger partial charge in [-0.05, 0) is 0 Å². The number of hydrogen-bond acceptors (Lipinski definition) is 2. The van der Waals surface area contributed by atoms with E-state index in [1.165, 1.54) is 11.8 Å². The fourth-order valence-corrected chi connectivity index (χ4v) is 1.61. The van der Waals surface area contributed by atoms with Crippen molar-refractivity contribution in [2.24, 2.45) is 0 Å². The Bertz CT molecular complexity index is 134. The van der Waals surface area contributed by atoms with E-state index in [0.717, 1.165) is 16.8 Å². The maximum absolute atomic E-state index is 10.9. The lowest BCUT2D eigenvalue weighted by Gasteiger charge is -2.23. The van der Waals surface area contributed by atoms with Gasteiger partial charge in [0.25, 0.3) is 0 Å². The highest BCUT2D eigenvalue weighted by atomic mass is 127. The van der Waals surface area contributed by atoms with Crippen molar-refractivity contribution >= 4 is 16.9 Å². The van der Waals surface area contributed by atoms with Crippen molar-refractivity contribution < 1.29 is 33.3 Å². The van der Waals surface area contributed by atoms with E-state index in [4.69, 9.17) is 0 Å². The molecule has 0 radical (unpaired) electrons. The van der Waals surface area contributed by atoms with Gasteiger partial charge >= 0.3 is 0 Å². The Hall–Kier alpha value is 0.710. The standard InChI is InChI=1S/C8H18NOS.HI/c1-5-8(10)11-7-6-9(2,3)4;/h5-7H2,1-4H3;1H/q+1;/p-1. The van der Waals surface area contributed by atoms with Crippen LogP contribution in [0, 0.1) is 0 Å². The van der Waals surface area contributed by atoms with Gasteiger partial charge < -0.3 is 28.5 Å². The van der Waals surface area contributed by atoms with Crippen molar-refractivity contribution in [1.29, 1.82) is 0 Å². The van der Waals surface area contributed by atoms with Crippen molar-refractivity contribution in [3.05, 3.63) is 0 Å². The van der Waals surface area contributed by atoms with E-state index in [2.05, 4.69) is 21.1 Å². The van der Waals surface area contributed by atoms with Crippen molar-refractivity contribution in [2.75, 3.05) is 33.4 Å². The first-order chi connectivity index (χ1) is 4.95. The van der Waals surface area contributed by atoms with Crippen LogP contribution in [0.3, 0.4) is 0 Å². The van der Waals surface area contributed by atoms with Gasteiger partial charge in [-0.25, -0.2) is 0 Å². The molecule has 0 atom stereocenters. The average molecular weight is 303 g/mol. The molecule has 12 heavy (non-hydrogen) atoms. The van der Waals surface area contributed by atoms with E-state index in [-0.39, 0.29) is 24.0 Å². The predicted octanol–water partition coefficient (Wildman–Crippen LogP) is -1.63. The number of quaternary nitrogens is 1. The van der Waals surface area contributed by atoms with Crippen LogP contribution >= 0.6 is 11.8 Å². The van der Waals surface area contributed by atoms with Crippen LogP contribution in [0.1, 0.15) is 13.3 Å². The first kappa shape index (κ1) is 15.2. The van der Waals surface area contributed by atoms with Crippen LogP contribution in [-0.2, 0) is 4.79 Å². The molecule has 0 fully saturated rings. The summed E-state index contributed by atoms with van der Waals surface area (Å²) in [6.07, 6.45) is 0.655. The number of rotatable bonds is 4. The highest BCUT2D eigenvalue weighted by Crippen LogP contribution is 2.05. The number of nitrogens with zero attached hydrogens (tertiary/aromatic N) is 1. The normalized spacial score (nSPS) is 10.7. The number of thioether (sulfide) groups is 1. The van der Waals surface area contributed by atoms with Crippen LogP contribution in [0.15, 0.2) is 0 Å². The molecule has 0 aromatic carbocycles. The monoisotopic (exact) mass is 303 g/mol. The van der Waals surface area contributed by atoms with Crippen LogP contribution in [-0.4, -0.2) is 43.0 Å². The quantitative estimate of drug-likeness (QED) is 0.458. The second-order valence-corrected chi connectivity index (χ2v) is 4.74. The fourth-order valence-electron chi connectivity index (χ4n) is 0.535. The Morgan fingerprint density at radius 3 is 2.17 bits per heavy atom. The molecule has 0 rings (SSSR count). The third-order valence-corrected chi connectivity index (χ3v) is 2.31. The minimum absolute atomic E-state index is 0. The van der Waals surface area contributed by atoms with E-state index in [0.29, 0.717) is 11.5 Å². The van der Waals surface area contributed by atoms with Gasteiger partial charge in [0.1, 0.15) is 0 Å². The Labute approximate surface area is 96.7 Å². The lowest BCUT2D eigenvalue weighted by molar-refractivity contribution is -0.867. The minimum Gasteiger partial charge on any atom is -1.00 e. The molecule has 0 spiro atoms.